The lowest BCUT2D eigenvalue weighted by molar-refractivity contribution is -0.144. The molecule has 1 atom stereocenters. The van der Waals surface area contributed by atoms with Crippen LogP contribution >= 0.6 is 0 Å². The molecular weight excluding hydrogens is 372 g/mol. The Hall–Kier alpha value is -3.81. The van der Waals surface area contributed by atoms with Crippen molar-refractivity contribution in [3.05, 3.63) is 71.6 Å². The average Bonchev–Trinajstić information content (AvgIpc) is 3.28. The highest BCUT2D eigenvalue weighted by atomic mass is 16.5. The quantitative estimate of drug-likeness (QED) is 0.491. The van der Waals surface area contributed by atoms with Crippen molar-refractivity contribution in [1.82, 2.24) is 19.9 Å². The molecule has 2 aromatic carbocycles. The van der Waals surface area contributed by atoms with E-state index < -0.39 is 23.9 Å². The average molecular weight is 390 g/mol. The number of imide groups is 2. The largest absolute Gasteiger partial charge is 0.337 e. The third-order valence-corrected chi connectivity index (χ3v) is 4.90. The number of nitrogens with zero attached hydrogens (tertiary/aromatic N) is 4. The van der Waals surface area contributed by atoms with Gasteiger partial charge in [-0.25, -0.2) is 14.6 Å². The van der Waals surface area contributed by atoms with E-state index in [0.29, 0.717) is 5.82 Å². The van der Waals surface area contributed by atoms with Crippen LogP contribution in [0.25, 0.3) is 11.4 Å². The molecule has 146 valence electrons. The molecule has 1 aliphatic rings. The van der Waals surface area contributed by atoms with Gasteiger partial charge in [0.25, 0.3) is 0 Å². The first-order valence-electron chi connectivity index (χ1n) is 9.10. The van der Waals surface area contributed by atoms with E-state index in [1.54, 1.807) is 19.1 Å². The van der Waals surface area contributed by atoms with E-state index in [-0.39, 0.29) is 12.4 Å². The van der Waals surface area contributed by atoms with Gasteiger partial charge in [-0.05, 0) is 25.0 Å². The van der Waals surface area contributed by atoms with Gasteiger partial charge in [-0.2, -0.15) is 4.98 Å². The smallest absolute Gasteiger partial charge is 0.335 e. The molecule has 0 radical (unpaired) electrons. The monoisotopic (exact) mass is 390 g/mol. The second-order valence-electron chi connectivity index (χ2n) is 6.76. The van der Waals surface area contributed by atoms with Gasteiger partial charge in [-0.3, -0.25) is 9.59 Å². The van der Waals surface area contributed by atoms with Gasteiger partial charge >= 0.3 is 17.8 Å². The van der Waals surface area contributed by atoms with Crippen molar-refractivity contribution in [1.29, 1.82) is 0 Å². The van der Waals surface area contributed by atoms with Crippen LogP contribution in [0.2, 0.25) is 0 Å². The van der Waals surface area contributed by atoms with Gasteiger partial charge in [0.05, 0.1) is 6.04 Å². The molecule has 1 fully saturated rings. The molecule has 4 amide bonds. The maximum Gasteiger partial charge on any atom is 0.335 e. The number of rotatable bonds is 5. The van der Waals surface area contributed by atoms with Crippen molar-refractivity contribution >= 4 is 17.8 Å². The lowest BCUT2D eigenvalue weighted by atomic mass is 10.1. The summed E-state index contributed by atoms with van der Waals surface area (Å²) in [7, 11) is 0. The van der Waals surface area contributed by atoms with E-state index in [1.165, 1.54) is 0 Å². The number of benzene rings is 2. The minimum atomic E-state index is -0.909. The van der Waals surface area contributed by atoms with Crippen molar-refractivity contribution < 1.29 is 18.9 Å². The second kappa shape index (κ2) is 7.31. The molecule has 0 bridgehead atoms. The standard InChI is InChI=1S/C21H18N4O4/c1-13-8-6-7-11-16(13)18-22-17(29-23-18)12-24-19(26)20(27)25(21(24)28)14(2)15-9-4-3-5-10-15/h3-11,14H,12H2,1-2H3. The summed E-state index contributed by atoms with van der Waals surface area (Å²) in [6.45, 7) is 3.35. The zero-order valence-corrected chi connectivity index (χ0v) is 15.9. The fourth-order valence-electron chi connectivity index (χ4n) is 3.27. The zero-order chi connectivity index (χ0) is 20.5. The van der Waals surface area contributed by atoms with Gasteiger partial charge in [0.1, 0.15) is 6.54 Å². The predicted octanol–water partition coefficient (Wildman–Crippen LogP) is 3.10. The molecule has 8 heteroatoms. The normalized spacial score (nSPS) is 15.3. The van der Waals surface area contributed by atoms with Crippen molar-refractivity contribution in [2.45, 2.75) is 26.4 Å². The number of carbonyl (C=O) groups excluding carboxylic acids is 3. The molecule has 0 spiro atoms. The van der Waals surface area contributed by atoms with Crippen LogP contribution in [0.1, 0.15) is 30.0 Å². The summed E-state index contributed by atoms with van der Waals surface area (Å²) in [5, 5.41) is 3.93. The van der Waals surface area contributed by atoms with E-state index in [4.69, 9.17) is 4.52 Å². The number of aromatic nitrogens is 2. The van der Waals surface area contributed by atoms with Gasteiger partial charge in [0.2, 0.25) is 11.7 Å². The van der Waals surface area contributed by atoms with Crippen LogP contribution in [-0.2, 0) is 16.1 Å². The summed E-state index contributed by atoms with van der Waals surface area (Å²) >= 11 is 0. The maximum atomic E-state index is 12.8. The zero-order valence-electron chi connectivity index (χ0n) is 15.9. The van der Waals surface area contributed by atoms with Crippen LogP contribution in [0.3, 0.4) is 0 Å². The lowest BCUT2D eigenvalue weighted by Gasteiger charge is -2.21. The van der Waals surface area contributed by atoms with Crippen LogP contribution in [0.5, 0.6) is 0 Å². The topological polar surface area (TPSA) is 96.6 Å². The van der Waals surface area contributed by atoms with E-state index in [0.717, 1.165) is 26.5 Å². The highest BCUT2D eigenvalue weighted by Crippen LogP contribution is 2.27. The first kappa shape index (κ1) is 18.5. The van der Waals surface area contributed by atoms with Crippen LogP contribution in [-0.4, -0.2) is 37.8 Å². The Kier molecular flexibility index (Phi) is 4.67. The summed E-state index contributed by atoms with van der Waals surface area (Å²) in [5.41, 5.74) is 2.51. The van der Waals surface area contributed by atoms with Gasteiger partial charge in [0, 0.05) is 5.56 Å². The van der Waals surface area contributed by atoms with Crippen molar-refractivity contribution in [2.24, 2.45) is 0 Å². The number of carbonyl (C=O) groups is 3. The summed E-state index contributed by atoms with van der Waals surface area (Å²) < 4.78 is 5.21. The van der Waals surface area contributed by atoms with Crippen LogP contribution in [0, 0.1) is 6.92 Å². The molecule has 2 heterocycles. The van der Waals surface area contributed by atoms with Crippen LogP contribution < -0.4 is 0 Å². The highest BCUT2D eigenvalue weighted by molar-refractivity contribution is 6.44. The number of aryl methyl sites for hydroxylation is 1. The Bertz CT molecular complexity index is 1090. The van der Waals surface area contributed by atoms with E-state index >= 15 is 0 Å². The van der Waals surface area contributed by atoms with Gasteiger partial charge in [0.15, 0.2) is 0 Å². The Morgan fingerprint density at radius 3 is 2.38 bits per heavy atom. The minimum absolute atomic E-state index is 0.0759. The maximum absolute atomic E-state index is 12.8. The van der Waals surface area contributed by atoms with Gasteiger partial charge in [-0.15, -0.1) is 0 Å². The first-order valence-corrected chi connectivity index (χ1v) is 9.10. The molecule has 1 aliphatic heterocycles. The summed E-state index contributed by atoms with van der Waals surface area (Å²) in [6, 6.07) is 15.3. The molecule has 0 N–H and O–H groups in total. The molecule has 8 nitrogen and oxygen atoms in total. The SMILES string of the molecule is Cc1ccccc1-c1noc(CN2C(=O)C(=O)N(C(C)c3ccccc3)C2=O)n1. The number of hydrogen-bond acceptors (Lipinski definition) is 6. The lowest BCUT2D eigenvalue weighted by Crippen LogP contribution is -2.35. The second-order valence-corrected chi connectivity index (χ2v) is 6.76. The van der Waals surface area contributed by atoms with E-state index in [2.05, 4.69) is 10.1 Å². The molecule has 1 saturated heterocycles. The fourth-order valence-corrected chi connectivity index (χ4v) is 3.27. The van der Waals surface area contributed by atoms with E-state index in [9.17, 15) is 14.4 Å². The van der Waals surface area contributed by atoms with Crippen molar-refractivity contribution in [3.63, 3.8) is 0 Å². The predicted molar refractivity (Wildman–Crippen MR) is 102 cm³/mol. The highest BCUT2D eigenvalue weighted by Gasteiger charge is 2.47. The summed E-state index contributed by atoms with van der Waals surface area (Å²) in [4.78, 5) is 43.7. The molecule has 3 aromatic rings. The Morgan fingerprint density at radius 1 is 0.966 bits per heavy atom. The number of urea groups is 1. The molecular formula is C21H18N4O4. The third kappa shape index (κ3) is 3.29. The molecule has 0 aliphatic carbocycles. The third-order valence-electron chi connectivity index (χ3n) is 4.90. The van der Waals surface area contributed by atoms with E-state index in [1.807, 2.05) is 49.4 Å². The fraction of sp³-hybridized carbons (Fsp3) is 0.190. The Morgan fingerprint density at radius 2 is 1.66 bits per heavy atom. The van der Waals surface area contributed by atoms with Gasteiger partial charge in [-0.1, -0.05) is 59.8 Å². The minimum Gasteiger partial charge on any atom is -0.337 e. The molecule has 0 saturated carbocycles. The van der Waals surface area contributed by atoms with Gasteiger partial charge < -0.3 is 4.52 Å². The molecule has 1 aromatic heterocycles. The number of amides is 4. The summed E-state index contributed by atoms with van der Waals surface area (Å²) in [5.74, 6) is -1.34. The Labute approximate surface area is 166 Å². The first-order chi connectivity index (χ1) is 14.0. The molecule has 4 rings (SSSR count). The molecule has 29 heavy (non-hydrogen) atoms. The summed E-state index contributed by atoms with van der Waals surface area (Å²) in [6.07, 6.45) is 0. The molecule has 1 unspecified atom stereocenters. The Balaban J connectivity index is 1.56. The number of hydrogen-bond donors (Lipinski definition) is 0. The van der Waals surface area contributed by atoms with Crippen molar-refractivity contribution in [3.8, 4) is 11.4 Å². The van der Waals surface area contributed by atoms with Crippen LogP contribution in [0.15, 0.2) is 59.1 Å². The van der Waals surface area contributed by atoms with Crippen LogP contribution in [0.4, 0.5) is 4.79 Å². The van der Waals surface area contributed by atoms with Crippen molar-refractivity contribution in [2.75, 3.05) is 0 Å².